The molecule has 2 nitrogen and oxygen atoms in total. The molecule has 2 aromatic rings. The largest absolute Gasteiger partial charge is 0.232 e. The van der Waals surface area contributed by atoms with Crippen LogP contribution in [0.25, 0.3) is 11.4 Å². The molecule has 2 rings (SSSR count). The van der Waals surface area contributed by atoms with Crippen molar-refractivity contribution in [1.82, 2.24) is 9.97 Å². The first-order valence-electron chi connectivity index (χ1n) is 6.33. The molecule has 0 bridgehead atoms. The molecular weight excluding hydrogens is 371 g/mol. The Balaban J connectivity index is 2.59. The van der Waals surface area contributed by atoms with Gasteiger partial charge in [0.1, 0.15) is 5.15 Å². The van der Waals surface area contributed by atoms with Gasteiger partial charge in [-0.25, -0.2) is 9.97 Å². The van der Waals surface area contributed by atoms with Crippen LogP contribution in [-0.2, 0) is 6.42 Å². The highest BCUT2D eigenvalue weighted by molar-refractivity contribution is 14.1. The summed E-state index contributed by atoms with van der Waals surface area (Å²) in [7, 11) is 0. The van der Waals surface area contributed by atoms with E-state index in [1.807, 2.05) is 6.07 Å². The summed E-state index contributed by atoms with van der Waals surface area (Å²) in [4.78, 5) is 9.13. The van der Waals surface area contributed by atoms with Crippen LogP contribution in [0.15, 0.2) is 18.2 Å². The van der Waals surface area contributed by atoms with Crippen LogP contribution >= 0.6 is 34.2 Å². The second-order valence-electron chi connectivity index (χ2n) is 4.60. The highest BCUT2D eigenvalue weighted by atomic mass is 127. The zero-order valence-corrected chi connectivity index (χ0v) is 14.2. The first kappa shape index (κ1) is 14.7. The molecule has 0 unspecified atom stereocenters. The van der Waals surface area contributed by atoms with E-state index in [9.17, 15) is 0 Å². The molecule has 19 heavy (non-hydrogen) atoms. The lowest BCUT2D eigenvalue weighted by Crippen LogP contribution is -2.02. The maximum absolute atomic E-state index is 6.24. The highest BCUT2D eigenvalue weighted by Gasteiger charge is 2.13. The van der Waals surface area contributed by atoms with Crippen LogP contribution in [0.5, 0.6) is 0 Å². The fourth-order valence-electron chi connectivity index (χ4n) is 1.98. The van der Waals surface area contributed by atoms with E-state index in [4.69, 9.17) is 16.6 Å². The Morgan fingerprint density at radius 2 is 1.95 bits per heavy atom. The Morgan fingerprint density at radius 3 is 2.63 bits per heavy atom. The van der Waals surface area contributed by atoms with Crippen molar-refractivity contribution in [2.75, 3.05) is 0 Å². The van der Waals surface area contributed by atoms with Gasteiger partial charge in [0.2, 0.25) is 0 Å². The number of rotatable bonds is 3. The van der Waals surface area contributed by atoms with Crippen molar-refractivity contribution in [3.63, 3.8) is 0 Å². The van der Waals surface area contributed by atoms with Crippen LogP contribution < -0.4 is 0 Å². The smallest absolute Gasteiger partial charge is 0.161 e. The Labute approximate surface area is 132 Å². The maximum Gasteiger partial charge on any atom is 0.161 e. The summed E-state index contributed by atoms with van der Waals surface area (Å²) in [6.45, 7) is 6.34. The topological polar surface area (TPSA) is 25.8 Å². The third-order valence-corrected chi connectivity index (χ3v) is 4.94. The number of benzene rings is 1. The first-order valence-corrected chi connectivity index (χ1v) is 7.78. The summed E-state index contributed by atoms with van der Waals surface area (Å²) < 4.78 is 0.968. The van der Waals surface area contributed by atoms with Crippen molar-refractivity contribution in [3.8, 4) is 11.4 Å². The molecule has 0 aliphatic rings. The lowest BCUT2D eigenvalue weighted by molar-refractivity contribution is 0.867. The molecule has 0 atom stereocenters. The zero-order chi connectivity index (χ0) is 14.0. The third-order valence-electron chi connectivity index (χ3n) is 3.21. The minimum atomic E-state index is 0.551. The van der Waals surface area contributed by atoms with Gasteiger partial charge in [-0.05, 0) is 54.0 Å². The van der Waals surface area contributed by atoms with E-state index >= 15 is 0 Å². The Kier molecular flexibility index (Phi) is 4.79. The second-order valence-corrected chi connectivity index (χ2v) is 6.03. The molecule has 1 aromatic heterocycles. The minimum absolute atomic E-state index is 0.551. The van der Waals surface area contributed by atoms with Gasteiger partial charge in [-0.3, -0.25) is 0 Å². The number of halogens is 2. The van der Waals surface area contributed by atoms with Gasteiger partial charge >= 0.3 is 0 Å². The summed E-state index contributed by atoms with van der Waals surface area (Å²) >= 11 is 8.46. The Bertz CT molecular complexity index is 611. The highest BCUT2D eigenvalue weighted by Crippen LogP contribution is 2.27. The molecule has 0 saturated carbocycles. The van der Waals surface area contributed by atoms with Gasteiger partial charge in [0.05, 0.1) is 9.26 Å². The molecule has 4 heteroatoms. The number of nitrogens with zero attached hydrogens (tertiary/aromatic N) is 2. The van der Waals surface area contributed by atoms with Gasteiger partial charge in [0, 0.05) is 5.56 Å². The van der Waals surface area contributed by atoms with Crippen molar-refractivity contribution < 1.29 is 0 Å². The lowest BCUT2D eigenvalue weighted by atomic mass is 10.0. The average molecular weight is 387 g/mol. The molecule has 0 radical (unpaired) electrons. The molecule has 1 aromatic carbocycles. The molecule has 0 aliphatic heterocycles. The molecule has 1 heterocycles. The van der Waals surface area contributed by atoms with E-state index < -0.39 is 0 Å². The first-order chi connectivity index (χ1) is 9.04. The van der Waals surface area contributed by atoms with Gasteiger partial charge in [-0.15, -0.1) is 0 Å². The normalized spacial score (nSPS) is 10.8. The molecular formula is C15H16ClIN2. The van der Waals surface area contributed by atoms with E-state index in [2.05, 4.69) is 60.5 Å². The van der Waals surface area contributed by atoms with Crippen LogP contribution in [0.1, 0.15) is 30.2 Å². The molecule has 100 valence electrons. The van der Waals surface area contributed by atoms with Crippen LogP contribution in [-0.4, -0.2) is 9.97 Å². The van der Waals surface area contributed by atoms with Crippen molar-refractivity contribution in [2.45, 2.75) is 33.6 Å². The Hall–Kier alpha value is -0.680. The van der Waals surface area contributed by atoms with Crippen LogP contribution in [0, 0.1) is 17.4 Å². The monoisotopic (exact) mass is 386 g/mol. The third kappa shape index (κ3) is 3.08. The summed E-state index contributed by atoms with van der Waals surface area (Å²) in [6.07, 6.45) is 1.98. The Morgan fingerprint density at radius 1 is 1.21 bits per heavy atom. The van der Waals surface area contributed by atoms with E-state index in [-0.39, 0.29) is 0 Å². The van der Waals surface area contributed by atoms with E-state index in [1.54, 1.807) is 0 Å². The second kappa shape index (κ2) is 6.18. The van der Waals surface area contributed by atoms with Crippen molar-refractivity contribution in [1.29, 1.82) is 0 Å². The van der Waals surface area contributed by atoms with Gasteiger partial charge in [-0.1, -0.05) is 43.1 Å². The number of aromatic nitrogens is 2. The lowest BCUT2D eigenvalue weighted by Gasteiger charge is -2.10. The fraction of sp³-hybridized carbons (Fsp3) is 0.333. The van der Waals surface area contributed by atoms with Crippen LogP contribution in [0.4, 0.5) is 0 Å². The number of aryl methyl sites for hydroxylation is 2. The summed E-state index contributed by atoms with van der Waals surface area (Å²) in [5.41, 5.74) is 4.56. The predicted molar refractivity (Wildman–Crippen MR) is 88.7 cm³/mol. The molecule has 0 fully saturated rings. The minimum Gasteiger partial charge on any atom is -0.232 e. The zero-order valence-electron chi connectivity index (χ0n) is 11.3. The van der Waals surface area contributed by atoms with Crippen molar-refractivity contribution in [3.05, 3.63) is 43.7 Å². The maximum atomic E-state index is 6.24. The standard InChI is InChI=1S/C15H16ClIN2/c1-4-6-12-13(17)14(16)19-15(18-12)11-8-5-7-9(2)10(11)3/h5,7-8H,4,6H2,1-3H3. The van der Waals surface area contributed by atoms with E-state index in [0.29, 0.717) is 5.15 Å². The molecule has 0 amide bonds. The number of hydrogen-bond donors (Lipinski definition) is 0. The summed E-state index contributed by atoms with van der Waals surface area (Å²) in [5, 5.41) is 0.551. The van der Waals surface area contributed by atoms with E-state index in [0.717, 1.165) is 33.5 Å². The van der Waals surface area contributed by atoms with Gasteiger partial charge in [0.15, 0.2) is 5.82 Å². The SMILES string of the molecule is CCCc1nc(-c2cccc(C)c2C)nc(Cl)c1I. The van der Waals surface area contributed by atoms with Crippen molar-refractivity contribution >= 4 is 34.2 Å². The summed E-state index contributed by atoms with van der Waals surface area (Å²) in [5.74, 6) is 0.732. The quantitative estimate of drug-likeness (QED) is 0.550. The predicted octanol–water partition coefficient (Wildman–Crippen LogP) is 4.97. The van der Waals surface area contributed by atoms with Crippen LogP contribution in [0.3, 0.4) is 0 Å². The summed E-state index contributed by atoms with van der Waals surface area (Å²) in [6, 6.07) is 6.18. The molecule has 0 spiro atoms. The molecule has 0 aliphatic carbocycles. The van der Waals surface area contributed by atoms with E-state index in [1.165, 1.54) is 11.1 Å². The van der Waals surface area contributed by atoms with Gasteiger partial charge in [0.25, 0.3) is 0 Å². The van der Waals surface area contributed by atoms with Crippen molar-refractivity contribution in [2.24, 2.45) is 0 Å². The molecule has 0 saturated heterocycles. The van der Waals surface area contributed by atoms with Crippen LogP contribution in [0.2, 0.25) is 5.15 Å². The number of hydrogen-bond acceptors (Lipinski definition) is 2. The molecule has 0 N–H and O–H groups in total. The van der Waals surface area contributed by atoms with Gasteiger partial charge in [-0.2, -0.15) is 0 Å². The average Bonchev–Trinajstić information content (AvgIpc) is 2.38. The fourth-order valence-corrected chi connectivity index (χ4v) is 2.68. The van der Waals surface area contributed by atoms with Gasteiger partial charge < -0.3 is 0 Å².